The molecule has 0 aromatic heterocycles. The molecule has 7 nitrogen and oxygen atoms in total. The molecule has 1 amide bonds. The van der Waals surface area contributed by atoms with E-state index in [4.69, 9.17) is 0 Å². The molecule has 2 rings (SSSR count). The van der Waals surface area contributed by atoms with Crippen molar-refractivity contribution >= 4 is 31.5 Å². The van der Waals surface area contributed by atoms with E-state index >= 15 is 0 Å². The maximum atomic E-state index is 12.8. The maximum Gasteiger partial charge on any atom is 0.241 e. The number of benzene rings is 2. The van der Waals surface area contributed by atoms with Crippen molar-refractivity contribution in [2.75, 3.05) is 23.4 Å². The lowest BCUT2D eigenvalue weighted by Crippen LogP contribution is -2.42. The van der Waals surface area contributed by atoms with E-state index in [9.17, 15) is 21.6 Å². The van der Waals surface area contributed by atoms with Gasteiger partial charge in [0.1, 0.15) is 6.54 Å². The van der Waals surface area contributed by atoms with Crippen LogP contribution < -0.4 is 9.62 Å². The first-order chi connectivity index (χ1) is 14.3. The summed E-state index contributed by atoms with van der Waals surface area (Å²) >= 11 is 0. The SMILES string of the molecule is CCC(NC(=O)CN(c1ccccc1C(C)C)S(C)(=O)=O)c1ccc(S(C)(=O)=O)cc1. The van der Waals surface area contributed by atoms with Crippen LogP contribution in [-0.2, 0) is 24.7 Å². The summed E-state index contributed by atoms with van der Waals surface area (Å²) in [4.78, 5) is 13.0. The molecule has 9 heteroatoms. The fourth-order valence-electron chi connectivity index (χ4n) is 3.32. The Balaban J connectivity index is 2.26. The number of hydrogen-bond acceptors (Lipinski definition) is 5. The molecule has 0 bridgehead atoms. The van der Waals surface area contributed by atoms with E-state index in [1.54, 1.807) is 24.3 Å². The highest BCUT2D eigenvalue weighted by molar-refractivity contribution is 7.92. The van der Waals surface area contributed by atoms with Gasteiger partial charge in [-0.2, -0.15) is 0 Å². The maximum absolute atomic E-state index is 12.8. The van der Waals surface area contributed by atoms with Gasteiger partial charge in [-0.15, -0.1) is 0 Å². The van der Waals surface area contributed by atoms with Crippen LogP contribution >= 0.6 is 0 Å². The van der Waals surface area contributed by atoms with E-state index < -0.39 is 25.8 Å². The van der Waals surface area contributed by atoms with Crippen molar-refractivity contribution in [3.63, 3.8) is 0 Å². The first-order valence-corrected chi connectivity index (χ1v) is 13.7. The number of nitrogens with zero attached hydrogens (tertiary/aromatic N) is 1. The van der Waals surface area contributed by atoms with E-state index in [1.165, 1.54) is 12.1 Å². The standard InChI is InChI=1S/C22H30N2O5S2/c1-6-20(17-11-13-18(14-12-17)30(4,26)27)23-22(25)15-24(31(5,28)29)21-10-8-7-9-19(21)16(2)3/h7-14,16,20H,6,15H2,1-5H3,(H,23,25). The second-order valence-electron chi connectivity index (χ2n) is 7.85. The summed E-state index contributed by atoms with van der Waals surface area (Å²) in [6, 6.07) is 13.1. The molecular weight excluding hydrogens is 436 g/mol. The van der Waals surface area contributed by atoms with Crippen LogP contribution in [0, 0.1) is 0 Å². The molecule has 2 aromatic carbocycles. The van der Waals surface area contributed by atoms with Gasteiger partial charge in [0, 0.05) is 6.26 Å². The molecule has 0 heterocycles. The van der Waals surface area contributed by atoms with Crippen molar-refractivity contribution in [1.82, 2.24) is 5.32 Å². The fourth-order valence-corrected chi connectivity index (χ4v) is 4.83. The molecular formula is C22H30N2O5S2. The second kappa shape index (κ2) is 9.82. The van der Waals surface area contributed by atoms with E-state index in [1.807, 2.05) is 32.9 Å². The Morgan fingerprint density at radius 2 is 1.55 bits per heavy atom. The molecule has 2 aromatic rings. The Morgan fingerprint density at radius 3 is 2.03 bits per heavy atom. The molecule has 0 fully saturated rings. The zero-order chi connectivity index (χ0) is 23.4. The monoisotopic (exact) mass is 466 g/mol. The third kappa shape index (κ3) is 6.54. The number of nitrogens with one attached hydrogen (secondary N) is 1. The number of para-hydroxylation sites is 1. The van der Waals surface area contributed by atoms with Crippen molar-refractivity contribution in [1.29, 1.82) is 0 Å². The van der Waals surface area contributed by atoms with Crippen molar-refractivity contribution in [2.24, 2.45) is 0 Å². The van der Waals surface area contributed by atoms with Gasteiger partial charge in [-0.3, -0.25) is 9.10 Å². The van der Waals surface area contributed by atoms with Gasteiger partial charge in [-0.05, 0) is 41.7 Å². The minimum Gasteiger partial charge on any atom is -0.348 e. The Kier molecular flexibility index (Phi) is 7.88. The molecule has 31 heavy (non-hydrogen) atoms. The highest BCUT2D eigenvalue weighted by atomic mass is 32.2. The molecule has 0 spiro atoms. The van der Waals surface area contributed by atoms with Crippen molar-refractivity contribution < 1.29 is 21.6 Å². The second-order valence-corrected chi connectivity index (χ2v) is 11.8. The average Bonchev–Trinajstić information content (AvgIpc) is 2.69. The summed E-state index contributed by atoms with van der Waals surface area (Å²) < 4.78 is 49.4. The average molecular weight is 467 g/mol. The first-order valence-electron chi connectivity index (χ1n) is 10.0. The van der Waals surface area contributed by atoms with Gasteiger partial charge in [0.2, 0.25) is 15.9 Å². The molecule has 0 aliphatic rings. The lowest BCUT2D eigenvalue weighted by atomic mass is 10.0. The highest BCUT2D eigenvalue weighted by Gasteiger charge is 2.25. The van der Waals surface area contributed by atoms with Crippen LogP contribution in [0.25, 0.3) is 0 Å². The lowest BCUT2D eigenvalue weighted by Gasteiger charge is -2.27. The highest BCUT2D eigenvalue weighted by Crippen LogP contribution is 2.29. The molecule has 0 saturated carbocycles. The molecule has 170 valence electrons. The van der Waals surface area contributed by atoms with Crippen LogP contribution in [0.3, 0.4) is 0 Å². The summed E-state index contributed by atoms with van der Waals surface area (Å²) in [5, 5.41) is 2.87. The number of amides is 1. The van der Waals surface area contributed by atoms with Crippen LogP contribution in [0.4, 0.5) is 5.69 Å². The molecule has 0 saturated heterocycles. The zero-order valence-corrected chi connectivity index (χ0v) is 20.1. The van der Waals surface area contributed by atoms with Crippen LogP contribution in [0.2, 0.25) is 0 Å². The van der Waals surface area contributed by atoms with Crippen LogP contribution in [-0.4, -0.2) is 41.8 Å². The fraction of sp³-hybridized carbons (Fsp3) is 0.409. The van der Waals surface area contributed by atoms with Crippen molar-refractivity contribution in [3.05, 3.63) is 59.7 Å². The van der Waals surface area contributed by atoms with Gasteiger partial charge in [-0.1, -0.05) is 51.1 Å². The minimum absolute atomic E-state index is 0.0836. The number of rotatable bonds is 9. The number of sulfonamides is 1. The Labute approximate surface area is 185 Å². The van der Waals surface area contributed by atoms with Gasteiger partial charge >= 0.3 is 0 Å². The number of anilines is 1. The number of sulfone groups is 1. The third-order valence-corrected chi connectivity index (χ3v) is 7.22. The van der Waals surface area contributed by atoms with E-state index in [0.29, 0.717) is 12.1 Å². The summed E-state index contributed by atoms with van der Waals surface area (Å²) in [5.41, 5.74) is 2.07. The Morgan fingerprint density at radius 1 is 0.968 bits per heavy atom. The van der Waals surface area contributed by atoms with Gasteiger partial charge in [0.25, 0.3) is 0 Å². The normalized spacial score (nSPS) is 13.1. The smallest absolute Gasteiger partial charge is 0.241 e. The van der Waals surface area contributed by atoms with Crippen LogP contribution in [0.5, 0.6) is 0 Å². The summed E-state index contributed by atoms with van der Waals surface area (Å²) in [6.45, 7) is 5.47. The Hall–Kier alpha value is -2.39. The molecule has 1 N–H and O–H groups in total. The Bertz CT molecular complexity index is 1120. The zero-order valence-electron chi connectivity index (χ0n) is 18.5. The van der Waals surface area contributed by atoms with Gasteiger partial charge in [0.05, 0.1) is 22.9 Å². The third-order valence-electron chi connectivity index (χ3n) is 4.97. The molecule has 0 aliphatic carbocycles. The molecule has 1 unspecified atom stereocenters. The minimum atomic E-state index is -3.69. The van der Waals surface area contributed by atoms with E-state index in [2.05, 4.69) is 5.32 Å². The van der Waals surface area contributed by atoms with Crippen LogP contribution in [0.1, 0.15) is 50.3 Å². The number of carbonyl (C=O) groups is 1. The predicted molar refractivity (Wildman–Crippen MR) is 123 cm³/mol. The van der Waals surface area contributed by atoms with E-state index in [-0.39, 0.29) is 23.4 Å². The van der Waals surface area contributed by atoms with Crippen LogP contribution in [0.15, 0.2) is 53.4 Å². The van der Waals surface area contributed by atoms with Gasteiger partial charge in [0.15, 0.2) is 9.84 Å². The summed E-state index contributed by atoms with van der Waals surface area (Å²) in [5.74, 6) is -0.358. The number of hydrogen-bond donors (Lipinski definition) is 1. The lowest BCUT2D eigenvalue weighted by molar-refractivity contribution is -0.120. The van der Waals surface area contributed by atoms with Gasteiger partial charge in [-0.25, -0.2) is 16.8 Å². The molecule has 0 radical (unpaired) electrons. The molecule has 0 aliphatic heterocycles. The first kappa shape index (κ1) is 24.9. The summed E-state index contributed by atoms with van der Waals surface area (Å²) in [6.07, 6.45) is 2.78. The van der Waals surface area contributed by atoms with Gasteiger partial charge < -0.3 is 5.32 Å². The largest absolute Gasteiger partial charge is 0.348 e. The number of carbonyl (C=O) groups excluding carboxylic acids is 1. The quantitative estimate of drug-likeness (QED) is 0.611. The van der Waals surface area contributed by atoms with Crippen molar-refractivity contribution in [2.45, 2.75) is 44.0 Å². The topological polar surface area (TPSA) is 101 Å². The van der Waals surface area contributed by atoms with E-state index in [0.717, 1.165) is 27.9 Å². The van der Waals surface area contributed by atoms with Crippen molar-refractivity contribution in [3.8, 4) is 0 Å². The summed E-state index contributed by atoms with van der Waals surface area (Å²) in [7, 11) is -7.00. The predicted octanol–water partition coefficient (Wildman–Crippen LogP) is 3.25. The molecule has 1 atom stereocenters.